The molecular formula is C27H34F3N3O6S. The van der Waals surface area contributed by atoms with Gasteiger partial charge in [-0.2, -0.15) is 13.2 Å². The van der Waals surface area contributed by atoms with Gasteiger partial charge < -0.3 is 20.0 Å². The second-order valence-corrected chi connectivity index (χ2v) is 11.7. The molecule has 0 radical (unpaired) electrons. The highest BCUT2D eigenvalue weighted by Crippen LogP contribution is 2.33. The fourth-order valence-electron chi connectivity index (χ4n) is 5.08. The molecule has 0 spiro atoms. The molecule has 220 valence electrons. The Labute approximate surface area is 231 Å². The molecule has 2 aliphatic rings. The third kappa shape index (κ3) is 8.10. The van der Waals surface area contributed by atoms with Crippen LogP contribution >= 0.6 is 0 Å². The number of aromatic carboxylic acids is 1. The number of hydrogen-bond acceptors (Lipinski definition) is 6. The van der Waals surface area contributed by atoms with Crippen molar-refractivity contribution in [1.29, 1.82) is 0 Å². The van der Waals surface area contributed by atoms with E-state index >= 15 is 0 Å². The highest BCUT2D eigenvalue weighted by Gasteiger charge is 2.38. The first-order chi connectivity index (χ1) is 18.7. The number of benzene rings is 2. The summed E-state index contributed by atoms with van der Waals surface area (Å²) >= 11 is 0. The first-order valence-electron chi connectivity index (χ1n) is 13.0. The molecule has 40 heavy (non-hydrogen) atoms. The van der Waals surface area contributed by atoms with Crippen LogP contribution in [0.25, 0.3) is 0 Å². The van der Waals surface area contributed by atoms with Crippen molar-refractivity contribution < 1.29 is 41.4 Å². The fourth-order valence-corrected chi connectivity index (χ4v) is 6.38. The molecule has 4 rings (SSSR count). The zero-order valence-electron chi connectivity index (χ0n) is 22.4. The van der Waals surface area contributed by atoms with Gasteiger partial charge in [-0.3, -0.25) is 4.72 Å². The Morgan fingerprint density at radius 2 is 1.52 bits per heavy atom. The number of aryl methyl sites for hydroxylation is 2. The lowest BCUT2D eigenvalue weighted by Gasteiger charge is -2.41. The van der Waals surface area contributed by atoms with Crippen molar-refractivity contribution in [3.05, 3.63) is 53.1 Å². The van der Waals surface area contributed by atoms with Crippen molar-refractivity contribution in [3.63, 3.8) is 0 Å². The van der Waals surface area contributed by atoms with Crippen LogP contribution in [0.2, 0.25) is 0 Å². The molecule has 0 atom stereocenters. The first kappa shape index (κ1) is 31.2. The summed E-state index contributed by atoms with van der Waals surface area (Å²) in [6.45, 7) is 7.63. The number of carboxylic acid groups (broad SMARTS) is 2. The second-order valence-electron chi connectivity index (χ2n) is 10.0. The molecule has 0 bridgehead atoms. The van der Waals surface area contributed by atoms with E-state index in [4.69, 9.17) is 9.90 Å². The van der Waals surface area contributed by atoms with Crippen LogP contribution in [0.1, 0.15) is 53.6 Å². The van der Waals surface area contributed by atoms with Crippen LogP contribution in [0.5, 0.6) is 0 Å². The van der Waals surface area contributed by atoms with Gasteiger partial charge >= 0.3 is 18.1 Å². The molecule has 2 heterocycles. The van der Waals surface area contributed by atoms with Crippen LogP contribution in [0.4, 0.5) is 24.5 Å². The second kappa shape index (κ2) is 12.9. The van der Waals surface area contributed by atoms with Gasteiger partial charge in [-0.05, 0) is 82.4 Å². The zero-order chi connectivity index (χ0) is 29.7. The molecule has 2 saturated heterocycles. The van der Waals surface area contributed by atoms with Crippen LogP contribution in [-0.4, -0.2) is 73.9 Å². The standard InChI is InChI=1S/C25H33N3O4S.C2HF3O2/c1-18-6-9-24(19(2)16-18)33(31,32)26-22-17-20(25(29)30)7-8-23(22)28-14-10-21(11-15-28)27-12-4-3-5-13-27;3-2(4,5)1(6)7/h6-9,16-17,21,26H,3-5,10-15H2,1-2H3,(H,29,30);(H,6,7). The summed E-state index contributed by atoms with van der Waals surface area (Å²) in [5.41, 5.74) is 2.73. The SMILES string of the molecule is Cc1ccc(S(=O)(=O)Nc2cc(C(=O)O)ccc2N2CCC(N3CCCCC3)CC2)c(C)c1.O=C(O)C(F)(F)F. The number of sulfonamides is 1. The van der Waals surface area contributed by atoms with Crippen LogP contribution in [0.3, 0.4) is 0 Å². The fraction of sp³-hybridized carbons (Fsp3) is 0.481. The molecule has 0 unspecified atom stereocenters. The topological polar surface area (TPSA) is 127 Å². The Hall–Kier alpha value is -3.32. The molecule has 2 aliphatic heterocycles. The summed E-state index contributed by atoms with van der Waals surface area (Å²) in [5, 5.41) is 16.6. The maximum Gasteiger partial charge on any atom is 0.490 e. The van der Waals surface area contributed by atoms with E-state index in [0.717, 1.165) is 37.2 Å². The number of nitrogens with one attached hydrogen (secondary N) is 1. The third-order valence-electron chi connectivity index (χ3n) is 7.06. The molecule has 0 saturated carbocycles. The Morgan fingerprint density at radius 1 is 0.925 bits per heavy atom. The Balaban J connectivity index is 0.000000559. The minimum absolute atomic E-state index is 0.0558. The van der Waals surface area contributed by atoms with E-state index in [2.05, 4.69) is 14.5 Å². The predicted octanol–water partition coefficient (Wildman–Crippen LogP) is 4.89. The normalized spacial score (nSPS) is 17.1. The summed E-state index contributed by atoms with van der Waals surface area (Å²) in [4.78, 5) is 25.5. The summed E-state index contributed by atoms with van der Waals surface area (Å²) in [6, 6.07) is 10.5. The van der Waals surface area contributed by atoms with Crippen LogP contribution in [-0.2, 0) is 14.8 Å². The number of carbonyl (C=O) groups is 2. The number of hydrogen-bond donors (Lipinski definition) is 3. The van der Waals surface area contributed by atoms with Gasteiger partial charge in [0.05, 0.1) is 21.8 Å². The minimum Gasteiger partial charge on any atom is -0.478 e. The summed E-state index contributed by atoms with van der Waals surface area (Å²) < 4.78 is 60.9. The lowest BCUT2D eigenvalue weighted by atomic mass is 9.99. The summed E-state index contributed by atoms with van der Waals surface area (Å²) in [6.07, 6.45) is 0.797. The van der Waals surface area contributed by atoms with Crippen LogP contribution in [0, 0.1) is 13.8 Å². The number of anilines is 2. The van der Waals surface area contributed by atoms with Crippen molar-refractivity contribution in [3.8, 4) is 0 Å². The molecule has 0 amide bonds. The summed E-state index contributed by atoms with van der Waals surface area (Å²) in [5.74, 6) is -3.84. The number of rotatable bonds is 6. The highest BCUT2D eigenvalue weighted by atomic mass is 32.2. The number of piperidine rings is 2. The zero-order valence-corrected chi connectivity index (χ0v) is 23.2. The molecular weight excluding hydrogens is 551 g/mol. The van der Waals surface area contributed by atoms with Crippen molar-refractivity contribution in [2.24, 2.45) is 0 Å². The number of carboxylic acids is 2. The number of nitrogens with zero attached hydrogens (tertiary/aromatic N) is 2. The lowest BCUT2D eigenvalue weighted by Crippen LogP contribution is -2.46. The first-order valence-corrected chi connectivity index (χ1v) is 14.4. The largest absolute Gasteiger partial charge is 0.490 e. The van der Waals surface area contributed by atoms with Crippen LogP contribution < -0.4 is 9.62 Å². The van der Waals surface area contributed by atoms with Gasteiger partial charge in [0.25, 0.3) is 10.0 Å². The van der Waals surface area contributed by atoms with Gasteiger partial charge in [-0.1, -0.05) is 24.1 Å². The molecule has 0 aliphatic carbocycles. The molecule has 13 heteroatoms. The number of alkyl halides is 3. The number of aliphatic carboxylic acids is 1. The molecule has 2 fully saturated rings. The van der Waals surface area contributed by atoms with Gasteiger partial charge in [0, 0.05) is 19.1 Å². The predicted molar refractivity (Wildman–Crippen MR) is 144 cm³/mol. The summed E-state index contributed by atoms with van der Waals surface area (Å²) in [7, 11) is -3.87. The smallest absolute Gasteiger partial charge is 0.478 e. The highest BCUT2D eigenvalue weighted by molar-refractivity contribution is 7.92. The minimum atomic E-state index is -5.08. The number of halogens is 3. The molecule has 2 aromatic rings. The van der Waals surface area contributed by atoms with E-state index in [1.54, 1.807) is 31.2 Å². The Morgan fingerprint density at radius 3 is 2.05 bits per heavy atom. The average Bonchev–Trinajstić information content (AvgIpc) is 2.88. The van der Waals surface area contributed by atoms with Crippen molar-refractivity contribution in [2.45, 2.75) is 63.1 Å². The van der Waals surface area contributed by atoms with E-state index in [0.29, 0.717) is 17.3 Å². The Kier molecular flexibility index (Phi) is 10.1. The van der Waals surface area contributed by atoms with Crippen molar-refractivity contribution in [2.75, 3.05) is 35.8 Å². The van der Waals surface area contributed by atoms with E-state index < -0.39 is 28.1 Å². The molecule has 3 N–H and O–H groups in total. The molecule has 9 nitrogen and oxygen atoms in total. The monoisotopic (exact) mass is 585 g/mol. The average molecular weight is 586 g/mol. The third-order valence-corrected chi connectivity index (χ3v) is 8.59. The van der Waals surface area contributed by atoms with Crippen LogP contribution in [0.15, 0.2) is 41.3 Å². The number of likely N-dealkylation sites (tertiary alicyclic amines) is 1. The van der Waals surface area contributed by atoms with Gasteiger partial charge in [-0.15, -0.1) is 0 Å². The maximum absolute atomic E-state index is 13.2. The van der Waals surface area contributed by atoms with Gasteiger partial charge in [0.2, 0.25) is 0 Å². The van der Waals surface area contributed by atoms with E-state index in [9.17, 15) is 31.5 Å². The van der Waals surface area contributed by atoms with Gasteiger partial charge in [0.15, 0.2) is 0 Å². The van der Waals surface area contributed by atoms with Crippen molar-refractivity contribution >= 4 is 33.3 Å². The van der Waals surface area contributed by atoms with E-state index in [1.807, 2.05) is 13.0 Å². The molecule has 0 aromatic heterocycles. The van der Waals surface area contributed by atoms with Crippen molar-refractivity contribution in [1.82, 2.24) is 4.90 Å². The Bertz CT molecular complexity index is 1320. The quantitative estimate of drug-likeness (QED) is 0.438. The molecule has 2 aromatic carbocycles. The van der Waals surface area contributed by atoms with Gasteiger partial charge in [0.1, 0.15) is 0 Å². The van der Waals surface area contributed by atoms with E-state index in [1.165, 1.54) is 38.4 Å². The maximum atomic E-state index is 13.2. The van der Waals surface area contributed by atoms with Gasteiger partial charge in [-0.25, -0.2) is 18.0 Å². The lowest BCUT2D eigenvalue weighted by molar-refractivity contribution is -0.192. The van der Waals surface area contributed by atoms with E-state index in [-0.39, 0.29) is 10.5 Å².